The van der Waals surface area contributed by atoms with Crippen molar-refractivity contribution in [1.82, 2.24) is 9.88 Å². The number of hydrogen-bond donors (Lipinski definition) is 1. The first kappa shape index (κ1) is 13.0. The molecule has 18 heavy (non-hydrogen) atoms. The zero-order valence-corrected chi connectivity index (χ0v) is 10.9. The lowest BCUT2D eigenvalue weighted by atomic mass is 9.95. The molecule has 1 aliphatic rings. The van der Waals surface area contributed by atoms with Crippen LogP contribution in [-0.4, -0.2) is 29.4 Å². The van der Waals surface area contributed by atoms with Crippen molar-refractivity contribution < 1.29 is 4.79 Å². The van der Waals surface area contributed by atoms with Crippen molar-refractivity contribution in [2.24, 2.45) is 17.6 Å². The Morgan fingerprint density at radius 1 is 1.56 bits per heavy atom. The van der Waals surface area contributed by atoms with Crippen molar-refractivity contribution in [1.29, 1.82) is 0 Å². The van der Waals surface area contributed by atoms with E-state index in [0.29, 0.717) is 19.0 Å². The van der Waals surface area contributed by atoms with E-state index < -0.39 is 0 Å². The molecule has 0 aromatic carbocycles. The van der Waals surface area contributed by atoms with Crippen LogP contribution >= 0.6 is 0 Å². The highest BCUT2D eigenvalue weighted by Gasteiger charge is 2.33. The smallest absolute Gasteiger partial charge is 0.226 e. The van der Waals surface area contributed by atoms with Gasteiger partial charge in [-0.25, -0.2) is 0 Å². The number of nitrogens with zero attached hydrogens (tertiary/aromatic N) is 2. The standard InChI is InChI=1S/C14H21N3O/c1-17(10-11-4-3-7-16-9-11)14(18)13-6-2-5-12(13)8-15/h3-4,7,9,12-13H,2,5-6,8,10,15H2,1H3. The molecule has 4 nitrogen and oxygen atoms in total. The maximum Gasteiger partial charge on any atom is 0.226 e. The van der Waals surface area contributed by atoms with Crippen molar-refractivity contribution in [3.8, 4) is 0 Å². The van der Waals surface area contributed by atoms with Gasteiger partial charge in [0.1, 0.15) is 0 Å². The van der Waals surface area contributed by atoms with Crippen molar-refractivity contribution in [3.63, 3.8) is 0 Å². The average Bonchev–Trinajstić information content (AvgIpc) is 2.87. The highest BCUT2D eigenvalue weighted by atomic mass is 16.2. The second-order valence-corrected chi connectivity index (χ2v) is 5.09. The maximum atomic E-state index is 12.4. The molecular formula is C14H21N3O. The van der Waals surface area contributed by atoms with Gasteiger partial charge in [0.25, 0.3) is 0 Å². The summed E-state index contributed by atoms with van der Waals surface area (Å²) in [4.78, 5) is 18.2. The molecule has 1 saturated carbocycles. The number of aromatic nitrogens is 1. The Morgan fingerprint density at radius 3 is 3.06 bits per heavy atom. The Morgan fingerprint density at radius 2 is 2.39 bits per heavy atom. The predicted molar refractivity (Wildman–Crippen MR) is 70.6 cm³/mol. The van der Waals surface area contributed by atoms with E-state index >= 15 is 0 Å². The molecule has 2 rings (SSSR count). The van der Waals surface area contributed by atoms with Crippen molar-refractivity contribution >= 4 is 5.91 Å². The van der Waals surface area contributed by atoms with Crippen LogP contribution in [0.25, 0.3) is 0 Å². The summed E-state index contributed by atoms with van der Waals surface area (Å²) in [5.41, 5.74) is 6.80. The van der Waals surface area contributed by atoms with Gasteiger partial charge in [0.15, 0.2) is 0 Å². The first-order valence-electron chi connectivity index (χ1n) is 6.56. The lowest BCUT2D eigenvalue weighted by Crippen LogP contribution is -2.36. The molecule has 1 aromatic rings. The zero-order chi connectivity index (χ0) is 13.0. The minimum absolute atomic E-state index is 0.122. The van der Waals surface area contributed by atoms with Gasteiger partial charge in [0.2, 0.25) is 5.91 Å². The van der Waals surface area contributed by atoms with E-state index in [1.165, 1.54) is 0 Å². The summed E-state index contributed by atoms with van der Waals surface area (Å²) >= 11 is 0. The van der Waals surface area contributed by atoms with Gasteiger partial charge in [-0.2, -0.15) is 0 Å². The Hall–Kier alpha value is -1.42. The minimum atomic E-state index is 0.122. The fraction of sp³-hybridized carbons (Fsp3) is 0.571. The molecule has 0 spiro atoms. The highest BCUT2D eigenvalue weighted by Crippen LogP contribution is 2.32. The van der Waals surface area contributed by atoms with Crippen LogP contribution in [0.3, 0.4) is 0 Å². The first-order valence-corrected chi connectivity index (χ1v) is 6.56. The molecular weight excluding hydrogens is 226 g/mol. The van der Waals surface area contributed by atoms with Crippen molar-refractivity contribution in [2.45, 2.75) is 25.8 Å². The normalized spacial score (nSPS) is 23.0. The summed E-state index contributed by atoms with van der Waals surface area (Å²) < 4.78 is 0. The molecule has 1 fully saturated rings. The summed E-state index contributed by atoms with van der Waals surface area (Å²) in [6.45, 7) is 1.25. The number of rotatable bonds is 4. The fourth-order valence-corrected chi connectivity index (χ4v) is 2.77. The van der Waals surface area contributed by atoms with Crippen LogP contribution in [0.5, 0.6) is 0 Å². The third-order valence-electron chi connectivity index (χ3n) is 3.80. The topological polar surface area (TPSA) is 59.2 Å². The molecule has 1 aromatic heterocycles. The number of pyridine rings is 1. The monoisotopic (exact) mass is 247 g/mol. The van der Waals surface area contributed by atoms with E-state index in [2.05, 4.69) is 4.98 Å². The van der Waals surface area contributed by atoms with Gasteiger partial charge in [-0.1, -0.05) is 12.5 Å². The first-order chi connectivity index (χ1) is 8.72. The molecule has 2 atom stereocenters. The molecule has 4 heteroatoms. The molecule has 2 unspecified atom stereocenters. The lowest BCUT2D eigenvalue weighted by Gasteiger charge is -2.24. The Kier molecular flexibility index (Phi) is 4.31. The summed E-state index contributed by atoms with van der Waals surface area (Å²) in [6.07, 6.45) is 6.75. The van der Waals surface area contributed by atoms with E-state index in [-0.39, 0.29) is 11.8 Å². The average molecular weight is 247 g/mol. The number of hydrogen-bond acceptors (Lipinski definition) is 3. The van der Waals surface area contributed by atoms with E-state index in [9.17, 15) is 4.79 Å². The summed E-state index contributed by atoms with van der Waals surface area (Å²) in [5.74, 6) is 0.720. The van der Waals surface area contributed by atoms with Gasteiger partial charge >= 0.3 is 0 Å². The van der Waals surface area contributed by atoms with E-state index in [0.717, 1.165) is 24.8 Å². The number of carbonyl (C=O) groups excluding carboxylic acids is 1. The Balaban J connectivity index is 1.96. The van der Waals surface area contributed by atoms with Crippen LogP contribution < -0.4 is 5.73 Å². The highest BCUT2D eigenvalue weighted by molar-refractivity contribution is 5.79. The van der Waals surface area contributed by atoms with Gasteiger partial charge in [-0.15, -0.1) is 0 Å². The zero-order valence-electron chi connectivity index (χ0n) is 10.9. The van der Waals surface area contributed by atoms with Gasteiger partial charge in [-0.3, -0.25) is 9.78 Å². The molecule has 2 N–H and O–H groups in total. The van der Waals surface area contributed by atoms with Crippen LogP contribution in [-0.2, 0) is 11.3 Å². The van der Waals surface area contributed by atoms with Crippen LogP contribution in [0.4, 0.5) is 0 Å². The van der Waals surface area contributed by atoms with Crippen LogP contribution in [0.2, 0.25) is 0 Å². The molecule has 0 radical (unpaired) electrons. The number of amides is 1. The molecule has 0 aliphatic heterocycles. The maximum absolute atomic E-state index is 12.4. The third kappa shape index (κ3) is 2.88. The summed E-state index contributed by atoms with van der Waals surface area (Å²) in [7, 11) is 1.86. The van der Waals surface area contributed by atoms with Crippen LogP contribution in [0.1, 0.15) is 24.8 Å². The second-order valence-electron chi connectivity index (χ2n) is 5.09. The predicted octanol–water partition coefficient (Wildman–Crippen LogP) is 1.41. The molecule has 0 bridgehead atoms. The quantitative estimate of drug-likeness (QED) is 0.875. The van der Waals surface area contributed by atoms with E-state index in [4.69, 9.17) is 5.73 Å². The Labute approximate surface area is 108 Å². The molecule has 98 valence electrons. The summed E-state index contributed by atoms with van der Waals surface area (Å²) in [5, 5.41) is 0. The van der Waals surface area contributed by atoms with Crippen molar-refractivity contribution in [3.05, 3.63) is 30.1 Å². The van der Waals surface area contributed by atoms with E-state index in [1.807, 2.05) is 19.2 Å². The molecule has 1 aliphatic carbocycles. The van der Waals surface area contributed by atoms with Gasteiger partial charge < -0.3 is 10.6 Å². The fourth-order valence-electron chi connectivity index (χ4n) is 2.77. The molecule has 1 amide bonds. The van der Waals surface area contributed by atoms with Crippen LogP contribution in [0, 0.1) is 11.8 Å². The Bertz CT molecular complexity index is 393. The lowest BCUT2D eigenvalue weighted by molar-refractivity contribution is -0.135. The van der Waals surface area contributed by atoms with Crippen molar-refractivity contribution in [2.75, 3.05) is 13.6 Å². The number of nitrogens with two attached hydrogens (primary N) is 1. The molecule has 0 saturated heterocycles. The SMILES string of the molecule is CN(Cc1cccnc1)C(=O)C1CCCC1CN. The van der Waals surface area contributed by atoms with Gasteiger partial charge in [0.05, 0.1) is 0 Å². The van der Waals surface area contributed by atoms with Crippen LogP contribution in [0.15, 0.2) is 24.5 Å². The second kappa shape index (κ2) is 5.96. The molecule has 1 heterocycles. The van der Waals surface area contributed by atoms with Gasteiger partial charge in [-0.05, 0) is 36.9 Å². The largest absolute Gasteiger partial charge is 0.341 e. The van der Waals surface area contributed by atoms with E-state index in [1.54, 1.807) is 17.3 Å². The minimum Gasteiger partial charge on any atom is -0.341 e. The van der Waals surface area contributed by atoms with Gasteiger partial charge in [0, 0.05) is 31.9 Å². The summed E-state index contributed by atoms with van der Waals surface area (Å²) in [6, 6.07) is 3.89. The third-order valence-corrected chi connectivity index (χ3v) is 3.80. The number of carbonyl (C=O) groups is 1.